The van der Waals surface area contributed by atoms with Gasteiger partial charge in [0, 0.05) is 19.2 Å². The molecule has 0 saturated carbocycles. The van der Waals surface area contributed by atoms with Crippen LogP contribution in [0.5, 0.6) is 11.5 Å². The first-order valence-corrected chi connectivity index (χ1v) is 9.29. The molecule has 0 atom stereocenters. The Bertz CT molecular complexity index is 746. The number of hydrogen-bond acceptors (Lipinski definition) is 6. The Hall–Kier alpha value is -2.11. The first kappa shape index (κ1) is 18.2. The molecular weight excluding hydrogens is 332 g/mol. The fourth-order valence-electron chi connectivity index (χ4n) is 2.57. The summed E-state index contributed by atoms with van der Waals surface area (Å²) in [5.74, 6) is -0.136. The molecule has 0 N–H and O–H groups in total. The van der Waals surface area contributed by atoms with E-state index in [-0.39, 0.29) is 17.4 Å². The van der Waals surface area contributed by atoms with Crippen LogP contribution in [0.15, 0.2) is 18.2 Å². The first-order chi connectivity index (χ1) is 11.4. The van der Waals surface area contributed by atoms with Crippen LogP contribution in [0.3, 0.4) is 0 Å². The number of nitrogens with zero attached hydrogens (tertiary/aromatic N) is 2. The summed E-state index contributed by atoms with van der Waals surface area (Å²) in [6.45, 7) is 2.24. The van der Waals surface area contributed by atoms with Crippen molar-refractivity contribution >= 4 is 16.0 Å². The Morgan fingerprint density at radius 2 is 2.00 bits per heavy atom. The number of benzene rings is 1. The van der Waals surface area contributed by atoms with E-state index in [4.69, 9.17) is 14.7 Å². The van der Waals surface area contributed by atoms with Crippen molar-refractivity contribution in [1.82, 2.24) is 4.31 Å². The first-order valence-electron chi connectivity index (χ1n) is 7.69. The molecule has 1 aromatic rings. The van der Waals surface area contributed by atoms with E-state index in [0.717, 1.165) is 0 Å². The van der Waals surface area contributed by atoms with Gasteiger partial charge in [-0.1, -0.05) is 0 Å². The van der Waals surface area contributed by atoms with Gasteiger partial charge in [0.1, 0.15) is 0 Å². The predicted octanol–water partition coefficient (Wildman–Crippen LogP) is 1.53. The third kappa shape index (κ3) is 4.04. The van der Waals surface area contributed by atoms with Gasteiger partial charge in [-0.25, -0.2) is 12.7 Å². The molecule has 0 spiro atoms. The smallest absolute Gasteiger partial charge is 0.314 e. The van der Waals surface area contributed by atoms with Crippen LogP contribution in [-0.4, -0.2) is 44.6 Å². The summed E-state index contributed by atoms with van der Waals surface area (Å²) in [5, 5.41) is 8.88. The molecule has 0 radical (unpaired) electrons. The SMILES string of the molecule is CCS(=O)(=O)N1CCC(C(=O)Oc2ccc(C#N)cc2OC)CC1. The lowest BCUT2D eigenvalue weighted by molar-refractivity contribution is -0.140. The largest absolute Gasteiger partial charge is 0.493 e. The number of sulfonamides is 1. The Morgan fingerprint density at radius 3 is 2.54 bits per heavy atom. The lowest BCUT2D eigenvalue weighted by Crippen LogP contribution is -2.41. The van der Waals surface area contributed by atoms with Gasteiger partial charge in [0.05, 0.1) is 30.4 Å². The van der Waals surface area contributed by atoms with Crippen molar-refractivity contribution in [2.75, 3.05) is 26.0 Å². The van der Waals surface area contributed by atoms with Crippen molar-refractivity contribution in [3.8, 4) is 17.6 Å². The highest BCUT2D eigenvalue weighted by atomic mass is 32.2. The number of nitriles is 1. The molecule has 7 nitrogen and oxygen atoms in total. The third-order valence-electron chi connectivity index (χ3n) is 4.05. The number of methoxy groups -OCH3 is 1. The normalized spacial score (nSPS) is 16.4. The topological polar surface area (TPSA) is 96.7 Å². The number of carbonyl (C=O) groups excluding carboxylic acids is 1. The minimum atomic E-state index is -3.22. The molecule has 1 aliphatic heterocycles. The molecule has 1 aliphatic rings. The van der Waals surface area contributed by atoms with Crippen LogP contribution in [0.2, 0.25) is 0 Å². The van der Waals surface area contributed by atoms with Crippen LogP contribution in [0.25, 0.3) is 0 Å². The molecule has 2 rings (SSSR count). The van der Waals surface area contributed by atoms with Gasteiger partial charge in [0.15, 0.2) is 11.5 Å². The predicted molar refractivity (Wildman–Crippen MR) is 87.1 cm³/mol. The summed E-state index contributed by atoms with van der Waals surface area (Å²) in [4.78, 5) is 12.3. The van der Waals surface area contributed by atoms with Crippen LogP contribution in [0, 0.1) is 17.2 Å². The molecule has 1 saturated heterocycles. The number of hydrogen-bond donors (Lipinski definition) is 0. The number of esters is 1. The summed E-state index contributed by atoms with van der Waals surface area (Å²) < 4.78 is 35.6. The van der Waals surface area contributed by atoms with E-state index in [0.29, 0.717) is 37.2 Å². The van der Waals surface area contributed by atoms with E-state index in [1.165, 1.54) is 23.5 Å². The highest BCUT2D eigenvalue weighted by Crippen LogP contribution is 2.30. The fraction of sp³-hybridized carbons (Fsp3) is 0.500. The lowest BCUT2D eigenvalue weighted by Gasteiger charge is -2.29. The molecule has 0 aromatic heterocycles. The fourth-order valence-corrected chi connectivity index (χ4v) is 3.70. The van der Waals surface area contributed by atoms with Gasteiger partial charge in [-0.3, -0.25) is 4.79 Å². The van der Waals surface area contributed by atoms with Crippen LogP contribution in [-0.2, 0) is 14.8 Å². The maximum atomic E-state index is 12.3. The minimum Gasteiger partial charge on any atom is -0.493 e. The highest BCUT2D eigenvalue weighted by Gasteiger charge is 2.31. The maximum Gasteiger partial charge on any atom is 0.314 e. The Kier molecular flexibility index (Phi) is 5.80. The van der Waals surface area contributed by atoms with Crippen molar-refractivity contribution in [3.05, 3.63) is 23.8 Å². The number of ether oxygens (including phenoxy) is 2. The molecule has 1 heterocycles. The van der Waals surface area contributed by atoms with Crippen molar-refractivity contribution in [3.63, 3.8) is 0 Å². The van der Waals surface area contributed by atoms with Gasteiger partial charge in [0.25, 0.3) is 0 Å². The molecule has 1 aromatic carbocycles. The van der Waals surface area contributed by atoms with Crippen LogP contribution >= 0.6 is 0 Å². The zero-order chi connectivity index (χ0) is 17.7. The second-order valence-corrected chi connectivity index (χ2v) is 7.73. The van der Waals surface area contributed by atoms with E-state index in [1.54, 1.807) is 13.0 Å². The van der Waals surface area contributed by atoms with Crippen molar-refractivity contribution in [1.29, 1.82) is 5.26 Å². The van der Waals surface area contributed by atoms with Gasteiger partial charge < -0.3 is 9.47 Å². The molecule has 0 aliphatic carbocycles. The molecule has 8 heteroatoms. The molecule has 0 bridgehead atoms. The van der Waals surface area contributed by atoms with Gasteiger partial charge in [0.2, 0.25) is 10.0 Å². The van der Waals surface area contributed by atoms with Crippen LogP contribution in [0.4, 0.5) is 0 Å². The van der Waals surface area contributed by atoms with Gasteiger partial charge in [-0.15, -0.1) is 0 Å². The molecule has 0 unspecified atom stereocenters. The molecular formula is C16H20N2O5S. The van der Waals surface area contributed by atoms with E-state index in [1.807, 2.05) is 6.07 Å². The third-order valence-corrected chi connectivity index (χ3v) is 5.93. The summed E-state index contributed by atoms with van der Waals surface area (Å²) in [7, 11) is -1.78. The van der Waals surface area contributed by atoms with Gasteiger partial charge in [-0.05, 0) is 31.9 Å². The van der Waals surface area contributed by atoms with Crippen molar-refractivity contribution < 1.29 is 22.7 Å². The maximum absolute atomic E-state index is 12.3. The standard InChI is InChI=1S/C16H20N2O5S/c1-3-24(20,21)18-8-6-13(7-9-18)16(19)23-14-5-4-12(11-17)10-15(14)22-2/h4-5,10,13H,3,6-9H2,1-2H3. The Morgan fingerprint density at radius 1 is 1.33 bits per heavy atom. The highest BCUT2D eigenvalue weighted by molar-refractivity contribution is 7.89. The van der Waals surface area contributed by atoms with Gasteiger partial charge >= 0.3 is 5.97 Å². The lowest BCUT2D eigenvalue weighted by atomic mass is 9.98. The summed E-state index contributed by atoms with van der Waals surface area (Å²) >= 11 is 0. The molecule has 1 fully saturated rings. The number of carbonyl (C=O) groups is 1. The van der Waals surface area contributed by atoms with Crippen LogP contribution < -0.4 is 9.47 Å². The van der Waals surface area contributed by atoms with E-state index in [2.05, 4.69) is 0 Å². The summed E-state index contributed by atoms with van der Waals surface area (Å²) in [5.41, 5.74) is 0.407. The average Bonchev–Trinajstić information content (AvgIpc) is 2.62. The average molecular weight is 352 g/mol. The zero-order valence-corrected chi connectivity index (χ0v) is 14.5. The number of piperidine rings is 1. The van der Waals surface area contributed by atoms with E-state index < -0.39 is 16.0 Å². The summed E-state index contributed by atoms with van der Waals surface area (Å²) in [6.07, 6.45) is 0.854. The quantitative estimate of drug-likeness (QED) is 0.589. The second-order valence-electron chi connectivity index (χ2n) is 5.47. The van der Waals surface area contributed by atoms with Crippen molar-refractivity contribution in [2.24, 2.45) is 5.92 Å². The van der Waals surface area contributed by atoms with Gasteiger partial charge in [-0.2, -0.15) is 5.26 Å². The second kappa shape index (κ2) is 7.64. The van der Waals surface area contributed by atoms with E-state index in [9.17, 15) is 13.2 Å². The molecule has 0 amide bonds. The summed E-state index contributed by atoms with van der Waals surface area (Å²) in [6, 6.07) is 6.55. The Labute approximate surface area is 141 Å². The van der Waals surface area contributed by atoms with Crippen molar-refractivity contribution in [2.45, 2.75) is 19.8 Å². The molecule has 130 valence electrons. The van der Waals surface area contributed by atoms with E-state index >= 15 is 0 Å². The van der Waals surface area contributed by atoms with Crippen LogP contribution in [0.1, 0.15) is 25.3 Å². The monoisotopic (exact) mass is 352 g/mol. The Balaban J connectivity index is 2.01. The number of rotatable bonds is 5. The molecule has 24 heavy (non-hydrogen) atoms. The zero-order valence-electron chi connectivity index (χ0n) is 13.7. The minimum absolute atomic E-state index is 0.0601.